The Bertz CT molecular complexity index is 627. The van der Waals surface area contributed by atoms with Gasteiger partial charge in [-0.3, -0.25) is 0 Å². The summed E-state index contributed by atoms with van der Waals surface area (Å²) >= 11 is 0. The predicted molar refractivity (Wildman–Crippen MR) is 83.5 cm³/mol. The molecule has 2 aromatic rings. The number of anilines is 2. The third-order valence-corrected chi connectivity index (χ3v) is 4.25. The Kier molecular flexibility index (Phi) is 3.95. The van der Waals surface area contributed by atoms with E-state index in [1.54, 1.807) is 13.0 Å². The van der Waals surface area contributed by atoms with E-state index in [2.05, 4.69) is 21.1 Å². The van der Waals surface area contributed by atoms with Crippen molar-refractivity contribution in [3.05, 3.63) is 41.5 Å². The molecule has 1 heterocycles. The summed E-state index contributed by atoms with van der Waals surface area (Å²) in [6.07, 6.45) is 8.39. The molecule has 3 rings (SSSR count). The lowest BCUT2D eigenvalue weighted by Gasteiger charge is -2.24. The minimum Gasteiger partial charge on any atom is -0.325 e. The molecule has 1 aliphatic carbocycles. The lowest BCUT2D eigenvalue weighted by molar-refractivity contribution is 0.356. The largest absolute Gasteiger partial charge is 0.325 e. The molecule has 0 saturated heterocycles. The van der Waals surface area contributed by atoms with Crippen LogP contribution in [0.15, 0.2) is 24.4 Å². The smallest absolute Gasteiger partial charge is 0.207 e. The Morgan fingerprint density at radius 2 is 1.95 bits per heavy atom. The Morgan fingerprint density at radius 3 is 2.67 bits per heavy atom. The number of benzene rings is 1. The van der Waals surface area contributed by atoms with E-state index >= 15 is 0 Å². The van der Waals surface area contributed by atoms with Crippen molar-refractivity contribution >= 4 is 11.6 Å². The molecule has 0 atom stereocenters. The summed E-state index contributed by atoms with van der Waals surface area (Å²) in [5.74, 6) is 0.634. The molecular weight excluding hydrogens is 265 g/mol. The number of hydrogen-bond donors (Lipinski definition) is 1. The van der Waals surface area contributed by atoms with Gasteiger partial charge >= 0.3 is 0 Å². The first-order chi connectivity index (χ1) is 10.1. The molecule has 0 amide bonds. The summed E-state index contributed by atoms with van der Waals surface area (Å²) in [4.78, 5) is 4.56. The van der Waals surface area contributed by atoms with Crippen LogP contribution in [0.2, 0.25) is 0 Å². The molecule has 0 unspecified atom stereocenters. The number of aryl methyl sites for hydroxylation is 2. The average Bonchev–Trinajstić information content (AvgIpc) is 2.85. The summed E-state index contributed by atoms with van der Waals surface area (Å²) < 4.78 is 15.9. The van der Waals surface area contributed by atoms with Gasteiger partial charge in [-0.2, -0.15) is 0 Å². The van der Waals surface area contributed by atoms with Crippen LogP contribution in [-0.2, 0) is 0 Å². The fourth-order valence-corrected chi connectivity index (χ4v) is 3.05. The standard InChI is InChI=1S/C17H22FN3/c1-12-8-9-14(10-16(12)18)20-17-19-13(2)11-21(17)15-6-4-3-5-7-15/h8-11,15H,3-7H2,1-2H3,(H,19,20). The quantitative estimate of drug-likeness (QED) is 0.871. The number of halogens is 1. The lowest BCUT2D eigenvalue weighted by atomic mass is 9.95. The van der Waals surface area contributed by atoms with Crippen LogP contribution in [0.5, 0.6) is 0 Å². The van der Waals surface area contributed by atoms with E-state index in [1.807, 2.05) is 13.0 Å². The first-order valence-corrected chi connectivity index (χ1v) is 7.72. The first-order valence-electron chi connectivity index (χ1n) is 7.72. The van der Waals surface area contributed by atoms with E-state index < -0.39 is 0 Å². The van der Waals surface area contributed by atoms with Crippen LogP contribution >= 0.6 is 0 Å². The van der Waals surface area contributed by atoms with E-state index in [0.717, 1.165) is 17.3 Å². The highest BCUT2D eigenvalue weighted by Gasteiger charge is 2.19. The number of nitrogens with zero attached hydrogens (tertiary/aromatic N) is 2. The van der Waals surface area contributed by atoms with Gasteiger partial charge in [0.15, 0.2) is 0 Å². The zero-order valence-electron chi connectivity index (χ0n) is 12.7. The molecule has 1 N–H and O–H groups in total. The van der Waals surface area contributed by atoms with Crippen LogP contribution in [0.1, 0.15) is 49.4 Å². The normalized spacial score (nSPS) is 16.1. The van der Waals surface area contributed by atoms with Crippen molar-refractivity contribution in [2.75, 3.05) is 5.32 Å². The topological polar surface area (TPSA) is 29.9 Å². The summed E-state index contributed by atoms with van der Waals surface area (Å²) in [6, 6.07) is 5.73. The van der Waals surface area contributed by atoms with Gasteiger partial charge in [-0.15, -0.1) is 0 Å². The maximum Gasteiger partial charge on any atom is 0.207 e. The van der Waals surface area contributed by atoms with Gasteiger partial charge in [0.25, 0.3) is 0 Å². The van der Waals surface area contributed by atoms with Crippen LogP contribution in [-0.4, -0.2) is 9.55 Å². The number of nitrogens with one attached hydrogen (secondary N) is 1. The number of imidazole rings is 1. The molecule has 112 valence electrons. The number of hydrogen-bond acceptors (Lipinski definition) is 2. The van der Waals surface area contributed by atoms with Crippen LogP contribution in [0, 0.1) is 19.7 Å². The highest BCUT2D eigenvalue weighted by Crippen LogP contribution is 2.31. The molecule has 1 fully saturated rings. The molecule has 1 aromatic heterocycles. The predicted octanol–water partition coefficient (Wildman–Crippen LogP) is 4.89. The molecule has 0 spiro atoms. The van der Waals surface area contributed by atoms with E-state index in [-0.39, 0.29) is 5.82 Å². The summed E-state index contributed by atoms with van der Waals surface area (Å²) in [5, 5.41) is 3.27. The third kappa shape index (κ3) is 3.09. The molecule has 0 bridgehead atoms. The van der Waals surface area contributed by atoms with Gasteiger partial charge in [0, 0.05) is 17.9 Å². The second-order valence-corrected chi connectivity index (χ2v) is 5.99. The van der Waals surface area contributed by atoms with E-state index in [4.69, 9.17) is 0 Å². The minimum absolute atomic E-state index is 0.188. The summed E-state index contributed by atoms with van der Waals surface area (Å²) in [5.41, 5.74) is 2.41. The zero-order chi connectivity index (χ0) is 14.8. The zero-order valence-corrected chi connectivity index (χ0v) is 12.7. The maximum absolute atomic E-state index is 13.7. The monoisotopic (exact) mass is 287 g/mol. The highest BCUT2D eigenvalue weighted by molar-refractivity contribution is 5.54. The van der Waals surface area contributed by atoms with Crippen molar-refractivity contribution in [2.24, 2.45) is 0 Å². The van der Waals surface area contributed by atoms with Crippen molar-refractivity contribution in [3.63, 3.8) is 0 Å². The molecular formula is C17H22FN3. The van der Waals surface area contributed by atoms with Crippen molar-refractivity contribution < 1.29 is 4.39 Å². The Morgan fingerprint density at radius 1 is 1.19 bits per heavy atom. The second-order valence-electron chi connectivity index (χ2n) is 5.99. The van der Waals surface area contributed by atoms with E-state index in [9.17, 15) is 4.39 Å². The molecule has 3 nitrogen and oxygen atoms in total. The lowest BCUT2D eigenvalue weighted by Crippen LogP contribution is -2.14. The van der Waals surface area contributed by atoms with Crippen LogP contribution < -0.4 is 5.32 Å². The SMILES string of the molecule is Cc1cn(C2CCCCC2)c(Nc2ccc(C)c(F)c2)n1. The number of rotatable bonds is 3. The van der Waals surface area contributed by atoms with Crippen molar-refractivity contribution in [3.8, 4) is 0 Å². The molecule has 4 heteroatoms. The number of aromatic nitrogens is 2. The third-order valence-electron chi connectivity index (χ3n) is 4.25. The molecule has 0 radical (unpaired) electrons. The first kappa shape index (κ1) is 14.1. The van der Waals surface area contributed by atoms with Gasteiger partial charge in [-0.1, -0.05) is 25.3 Å². The van der Waals surface area contributed by atoms with Gasteiger partial charge in [0.1, 0.15) is 5.82 Å². The minimum atomic E-state index is -0.188. The van der Waals surface area contributed by atoms with Crippen LogP contribution in [0.25, 0.3) is 0 Å². The molecule has 21 heavy (non-hydrogen) atoms. The van der Waals surface area contributed by atoms with Crippen molar-refractivity contribution in [1.82, 2.24) is 9.55 Å². The Balaban J connectivity index is 1.85. The van der Waals surface area contributed by atoms with Gasteiger partial charge in [-0.05, 0) is 44.4 Å². The molecule has 0 aliphatic heterocycles. The summed E-state index contributed by atoms with van der Waals surface area (Å²) in [7, 11) is 0. The van der Waals surface area contributed by atoms with E-state index in [1.165, 1.54) is 38.2 Å². The van der Waals surface area contributed by atoms with E-state index in [0.29, 0.717) is 11.6 Å². The molecule has 1 aromatic carbocycles. The second kappa shape index (κ2) is 5.88. The van der Waals surface area contributed by atoms with Gasteiger partial charge in [0.05, 0.1) is 5.69 Å². The van der Waals surface area contributed by atoms with Gasteiger partial charge in [-0.25, -0.2) is 9.37 Å². The molecule has 1 aliphatic rings. The van der Waals surface area contributed by atoms with Crippen molar-refractivity contribution in [1.29, 1.82) is 0 Å². The Labute approximate surface area is 125 Å². The average molecular weight is 287 g/mol. The van der Waals surface area contributed by atoms with Crippen molar-refractivity contribution in [2.45, 2.75) is 52.0 Å². The maximum atomic E-state index is 13.7. The van der Waals surface area contributed by atoms with Gasteiger partial charge in [0.2, 0.25) is 5.95 Å². The summed E-state index contributed by atoms with van der Waals surface area (Å²) in [6.45, 7) is 3.77. The fraction of sp³-hybridized carbons (Fsp3) is 0.471. The van der Waals surface area contributed by atoms with Crippen LogP contribution in [0.3, 0.4) is 0 Å². The molecule has 1 saturated carbocycles. The Hall–Kier alpha value is -1.84. The van der Waals surface area contributed by atoms with Crippen LogP contribution in [0.4, 0.5) is 16.0 Å². The van der Waals surface area contributed by atoms with Gasteiger partial charge < -0.3 is 9.88 Å². The highest BCUT2D eigenvalue weighted by atomic mass is 19.1. The fourth-order valence-electron chi connectivity index (χ4n) is 3.05.